The van der Waals surface area contributed by atoms with Crippen LogP contribution in [0.5, 0.6) is 0 Å². The quantitative estimate of drug-likeness (QED) is 0.149. The van der Waals surface area contributed by atoms with Crippen LogP contribution in [0.25, 0.3) is 159 Å². The van der Waals surface area contributed by atoms with Crippen LogP contribution in [0.3, 0.4) is 0 Å². The molecule has 2 aliphatic rings. The summed E-state index contributed by atoms with van der Waals surface area (Å²) in [5.41, 5.74) is -12.4. The zero-order valence-electron chi connectivity index (χ0n) is 98.0. The van der Waals surface area contributed by atoms with Crippen LogP contribution in [-0.2, 0) is 0 Å². The Kier molecular flexibility index (Phi) is 4.95. The predicted molar refractivity (Wildman–Crippen MR) is 372 cm³/mol. The van der Waals surface area contributed by atoms with Crippen molar-refractivity contribution in [2.45, 2.75) is 0 Å². The van der Waals surface area contributed by atoms with Crippen molar-refractivity contribution in [2.75, 3.05) is 0 Å². The van der Waals surface area contributed by atoms with E-state index in [-0.39, 0.29) is 0 Å². The largest absolute Gasteiger partial charge is 0.456 e. The molecule has 412 valence electrons. The molecule has 18 rings (SSSR count). The lowest BCUT2D eigenvalue weighted by atomic mass is 9.76. The number of benzene rings is 14. The summed E-state index contributed by atoms with van der Waals surface area (Å²) in [5, 5.41) is -7.55. The number of fused-ring (bicyclic) bond motifs is 11. The lowest BCUT2D eigenvalue weighted by Gasteiger charge is -2.27. The van der Waals surface area contributed by atoms with Crippen LogP contribution in [0.4, 0.5) is 0 Å². The van der Waals surface area contributed by atoms with E-state index < -0.39 is 503 Å². The standard InChI is InChI=1S/C44H28O.C42H28O/c1-3-11-29(12-4-1)30-19-21-31(22-20-30)33-24-26-41-40(27-33)35-25-23-34(28-42(35)45-41)44-38-17-9-7-15-36(38)43(32-13-5-2-6-14-32)37-16-8-10-18-39(37)44;1-2-13-28(14-3-1)40-33-17-6-8-19-35(33)41(36-20-9-7-18-34(36)40)29-24-25-37-39(26-29)43-38-23-11-22-32(42(37)38)31-21-10-15-27-12-4-5-16-30(27)31/h1-28H;1-27,30H/i1D,2D,3D,4D,5D,6D,7D,8D,9D,10D,11D,12D,13D,14D,15D,16D,17D,18D,19D,20D,21D,22D,23D,24D,25D,26D,27D,28D;1D,2D,3D,4D,5D,6D,7D,8D,9D,10D,11D,12D,13D,14D,15D,16D,17D,18D,19D,20D,21D,22D,23D,24D,25D,26D. The third-order valence-corrected chi connectivity index (χ3v) is 14.3. The molecule has 0 bridgehead atoms. The topological polar surface area (TPSA) is 26.3 Å². The molecule has 0 fully saturated rings. The molecule has 0 saturated heterocycles. The van der Waals surface area contributed by atoms with Gasteiger partial charge in [0.05, 0.1) is 74.0 Å². The summed E-state index contributed by atoms with van der Waals surface area (Å²) in [6.45, 7) is 0. The maximum absolute atomic E-state index is 9.76. The van der Waals surface area contributed by atoms with Gasteiger partial charge in [-0.05, 0) is 163 Å². The van der Waals surface area contributed by atoms with Crippen LogP contribution in [0.2, 0.25) is 0 Å². The Morgan fingerprint density at radius 3 is 1.18 bits per heavy atom. The van der Waals surface area contributed by atoms with E-state index in [1.54, 1.807) is 0 Å². The fourth-order valence-electron chi connectivity index (χ4n) is 10.6. The van der Waals surface area contributed by atoms with Gasteiger partial charge in [-0.3, -0.25) is 0 Å². The van der Waals surface area contributed by atoms with E-state index in [9.17, 15) is 21.9 Å². The van der Waals surface area contributed by atoms with E-state index in [2.05, 4.69) is 0 Å². The zero-order chi connectivity index (χ0) is 105. The monoisotopic (exact) mass is 1170 g/mol. The molecule has 2 aliphatic carbocycles. The van der Waals surface area contributed by atoms with Crippen molar-refractivity contribution in [1.29, 1.82) is 0 Å². The third-order valence-electron chi connectivity index (χ3n) is 14.3. The van der Waals surface area contributed by atoms with Crippen molar-refractivity contribution >= 4 is 92.5 Å². The highest BCUT2D eigenvalue weighted by Gasteiger charge is 2.27. The Bertz CT molecular complexity index is 8660. The summed E-state index contributed by atoms with van der Waals surface area (Å²) in [7, 11) is 0. The highest BCUT2D eigenvalue weighted by Crippen LogP contribution is 2.48. The normalized spacial score (nSPS) is 23.9. The van der Waals surface area contributed by atoms with Crippen molar-refractivity contribution in [3.05, 3.63) is 332 Å². The van der Waals surface area contributed by atoms with Gasteiger partial charge >= 0.3 is 0 Å². The van der Waals surface area contributed by atoms with Crippen LogP contribution >= 0.6 is 0 Å². The van der Waals surface area contributed by atoms with Gasteiger partial charge in [-0.2, -0.15) is 0 Å². The van der Waals surface area contributed by atoms with Gasteiger partial charge in [0.1, 0.15) is 22.3 Å². The van der Waals surface area contributed by atoms with Crippen LogP contribution in [-0.4, -0.2) is 0 Å². The first-order chi connectivity index (χ1) is 66.1. The molecular weight excluding hydrogens is 1060 g/mol. The molecule has 2 unspecified atom stereocenters. The number of furan rings is 2. The van der Waals surface area contributed by atoms with E-state index in [4.69, 9.17) is 60.9 Å². The second kappa shape index (κ2) is 21.3. The lowest BCUT2D eigenvalue weighted by Crippen LogP contribution is -2.15. The minimum Gasteiger partial charge on any atom is -0.456 e. The van der Waals surface area contributed by atoms with Crippen molar-refractivity contribution in [1.82, 2.24) is 0 Å². The summed E-state index contributed by atoms with van der Waals surface area (Å²) in [4.78, 5) is 0. The van der Waals surface area contributed by atoms with Crippen LogP contribution in [0, 0.1) is 11.8 Å². The lowest BCUT2D eigenvalue weighted by molar-refractivity contribution is 0.668. The Labute approximate surface area is 586 Å². The van der Waals surface area contributed by atoms with Crippen molar-refractivity contribution in [2.24, 2.45) is 11.8 Å². The molecule has 2 heteroatoms. The molecule has 0 radical (unpaired) electrons. The fraction of sp³-hybridized carbons (Fsp3) is 0.0233. The second-order valence-corrected chi connectivity index (χ2v) is 19.1. The van der Waals surface area contributed by atoms with Gasteiger partial charge in [-0.15, -0.1) is 0 Å². The highest BCUT2D eigenvalue weighted by atomic mass is 16.3. The summed E-state index contributed by atoms with van der Waals surface area (Å²) in [5.74, 6) is -3.29. The predicted octanol–water partition coefficient (Wildman–Crippen LogP) is 24.1. The van der Waals surface area contributed by atoms with E-state index in [0.717, 1.165) is 0 Å². The zero-order valence-corrected chi connectivity index (χ0v) is 44.0. The molecular formula is C86H56O2. The van der Waals surface area contributed by atoms with Crippen LogP contribution in [0.1, 0.15) is 79.6 Å². The van der Waals surface area contributed by atoms with Crippen molar-refractivity contribution in [3.8, 4) is 66.8 Å². The number of hydrogen-bond donors (Lipinski definition) is 0. The number of rotatable bonds is 7. The maximum Gasteiger partial charge on any atom is 0.136 e. The molecule has 0 amide bonds. The first kappa shape index (κ1) is 20.4. The van der Waals surface area contributed by atoms with E-state index in [1.165, 1.54) is 0 Å². The minimum atomic E-state index is -1.67. The van der Waals surface area contributed by atoms with Crippen molar-refractivity contribution in [3.63, 3.8) is 0 Å². The molecule has 2 atom stereocenters. The third kappa shape index (κ3) is 8.64. The van der Waals surface area contributed by atoms with Gasteiger partial charge in [-0.25, -0.2) is 0 Å². The number of hydrogen-bond acceptors (Lipinski definition) is 2. The van der Waals surface area contributed by atoms with Gasteiger partial charge in [0.25, 0.3) is 0 Å². The van der Waals surface area contributed by atoms with E-state index in [1.807, 2.05) is 0 Å². The first-order valence-corrected chi connectivity index (χ1v) is 26.1. The summed E-state index contributed by atoms with van der Waals surface area (Å²) in [6, 6.07) is -48.4. The average Bonchev–Trinajstić information content (AvgIpc) is 1.47. The Morgan fingerprint density at radius 2 is 0.648 bits per heavy atom. The smallest absolute Gasteiger partial charge is 0.136 e. The Balaban J connectivity index is 0.000000196. The minimum absolute atomic E-state index is 0.476. The van der Waals surface area contributed by atoms with Crippen LogP contribution in [0.15, 0.2) is 335 Å². The van der Waals surface area contributed by atoms with E-state index >= 15 is 0 Å². The van der Waals surface area contributed by atoms with Gasteiger partial charge in [0.15, 0.2) is 0 Å². The molecule has 2 heterocycles. The molecule has 0 saturated carbocycles. The first-order valence-electron chi connectivity index (χ1n) is 53.1. The van der Waals surface area contributed by atoms with E-state index in [0.29, 0.717) is 0 Å². The molecule has 0 aliphatic heterocycles. The summed E-state index contributed by atoms with van der Waals surface area (Å²) >= 11 is 0. The highest BCUT2D eigenvalue weighted by molar-refractivity contribution is 6.24. The molecule has 88 heavy (non-hydrogen) atoms. The Morgan fingerprint density at radius 1 is 0.250 bits per heavy atom. The second-order valence-electron chi connectivity index (χ2n) is 19.1. The fourth-order valence-corrected chi connectivity index (χ4v) is 10.6. The molecule has 0 spiro atoms. The van der Waals surface area contributed by atoms with Gasteiger partial charge < -0.3 is 8.83 Å². The molecule has 2 nitrogen and oxygen atoms in total. The molecule has 16 aromatic rings. The van der Waals surface area contributed by atoms with Gasteiger partial charge in [-0.1, -0.05) is 284 Å². The molecule has 2 aromatic heterocycles. The van der Waals surface area contributed by atoms with Gasteiger partial charge in [0.2, 0.25) is 0 Å². The SMILES string of the molecule is [2H]C1=C([2H])C2C([2H])=C([2H])C([2H])=C(c3c([2H])c([2H])c([2H])c4oc5c([2H])c(-c6c7c([2H])c([2H])c([2H])c([2H])c7c(-c7c([2H])c([2H])c([2H])c([2H])c7[2H])c7c([2H])c([2H])c([2H])c([2H])c67)c([2H])c([2H])c5c34)C2C([2H])=C1[2H].[2H]c1c([2H])c([2H])c(-c2c([2H])c([2H])c(-c3c([2H])c([2H])c4oc5c([2H])c(-c6c7c([2H])c([2H])c([2H])c([2H])c7c(-c7c([2H])c([2H])c([2H])c([2H])c7[2H])c7c([2H])c([2H])c([2H])c([2H])c67)c([2H])c([2H])c5c4c3[2H])c([2H])c2[2H])c([2H])c1[2H]. The number of allylic oxidation sites excluding steroid dienone is 8. The van der Waals surface area contributed by atoms with Crippen LogP contribution < -0.4 is 0 Å². The molecule has 0 N–H and O–H groups in total. The van der Waals surface area contributed by atoms with Crippen molar-refractivity contribution < 1.29 is 82.9 Å². The summed E-state index contributed by atoms with van der Waals surface area (Å²) < 4.78 is 491. The summed E-state index contributed by atoms with van der Waals surface area (Å²) in [6.07, 6.45) is 0. The van der Waals surface area contributed by atoms with Gasteiger partial charge in [0, 0.05) is 33.4 Å². The molecule has 14 aromatic carbocycles. The maximum atomic E-state index is 9.76. The Hall–Kier alpha value is -11.3. The average molecular weight is 1180 g/mol.